The molecule has 1 aromatic carbocycles. The maximum Gasteiger partial charge on any atom is 0.121 e. The summed E-state index contributed by atoms with van der Waals surface area (Å²) in [5.74, 6) is 0.439. The number of aromatic hydroxyl groups is 1. The Balaban J connectivity index is 2.05. The molecular weight excluding hydrogens is 224 g/mol. The first-order valence-electron chi connectivity index (χ1n) is 6.76. The molecule has 0 unspecified atom stereocenters. The van der Waals surface area contributed by atoms with E-state index in [-0.39, 0.29) is 0 Å². The number of benzene rings is 1. The van der Waals surface area contributed by atoms with Crippen LogP contribution in [0.5, 0.6) is 5.75 Å². The maximum atomic E-state index is 9.80. The molecule has 0 aliphatic carbocycles. The second-order valence-electron chi connectivity index (χ2n) is 5.51. The molecule has 1 aliphatic heterocycles. The van der Waals surface area contributed by atoms with Crippen molar-refractivity contribution in [3.63, 3.8) is 0 Å². The van der Waals surface area contributed by atoms with Crippen molar-refractivity contribution >= 4 is 0 Å². The zero-order valence-electron chi connectivity index (χ0n) is 11.7. The maximum absolute atomic E-state index is 9.80. The lowest BCUT2D eigenvalue weighted by Crippen LogP contribution is -2.28. The molecule has 18 heavy (non-hydrogen) atoms. The van der Waals surface area contributed by atoms with Crippen LogP contribution in [0.3, 0.4) is 0 Å². The predicted octanol–water partition coefficient (Wildman–Crippen LogP) is 2.15. The summed E-state index contributed by atoms with van der Waals surface area (Å²) in [5.41, 5.74) is 3.28. The van der Waals surface area contributed by atoms with Crippen LogP contribution in [0.1, 0.15) is 23.1 Å². The van der Waals surface area contributed by atoms with Crippen LogP contribution in [-0.4, -0.2) is 48.1 Å². The number of hydrogen-bond donors (Lipinski definition) is 1. The van der Waals surface area contributed by atoms with Crippen molar-refractivity contribution in [3.05, 3.63) is 28.8 Å². The van der Waals surface area contributed by atoms with Crippen LogP contribution in [0.4, 0.5) is 0 Å². The van der Waals surface area contributed by atoms with E-state index in [4.69, 9.17) is 0 Å². The first-order valence-corrected chi connectivity index (χ1v) is 6.76. The minimum absolute atomic E-state index is 0.439. The molecule has 1 fully saturated rings. The fourth-order valence-corrected chi connectivity index (χ4v) is 2.65. The van der Waals surface area contributed by atoms with E-state index in [1.54, 1.807) is 0 Å². The summed E-state index contributed by atoms with van der Waals surface area (Å²) in [5, 5.41) is 9.80. The SMILES string of the molecule is Cc1cc(CN2CCCN(C)CC2)cc(C)c1O. The van der Waals surface area contributed by atoms with Gasteiger partial charge >= 0.3 is 0 Å². The smallest absolute Gasteiger partial charge is 0.121 e. The van der Waals surface area contributed by atoms with Crippen LogP contribution >= 0.6 is 0 Å². The van der Waals surface area contributed by atoms with Gasteiger partial charge in [0, 0.05) is 19.6 Å². The molecule has 1 saturated heterocycles. The number of rotatable bonds is 2. The summed E-state index contributed by atoms with van der Waals surface area (Å²) < 4.78 is 0. The molecule has 1 aromatic rings. The predicted molar refractivity (Wildman–Crippen MR) is 75.0 cm³/mol. The molecule has 1 N–H and O–H groups in total. The van der Waals surface area contributed by atoms with Gasteiger partial charge in [-0.1, -0.05) is 12.1 Å². The van der Waals surface area contributed by atoms with Gasteiger partial charge in [-0.15, -0.1) is 0 Å². The van der Waals surface area contributed by atoms with Crippen molar-refractivity contribution in [2.24, 2.45) is 0 Å². The van der Waals surface area contributed by atoms with Crippen LogP contribution < -0.4 is 0 Å². The molecule has 0 spiro atoms. The average Bonchev–Trinajstić information content (AvgIpc) is 2.51. The average molecular weight is 248 g/mol. The van der Waals surface area contributed by atoms with E-state index in [9.17, 15) is 5.11 Å². The van der Waals surface area contributed by atoms with Gasteiger partial charge in [0.15, 0.2) is 0 Å². The lowest BCUT2D eigenvalue weighted by atomic mass is 10.1. The molecule has 0 bridgehead atoms. The Kier molecular flexibility index (Phi) is 4.25. The van der Waals surface area contributed by atoms with Gasteiger partial charge < -0.3 is 10.0 Å². The Labute approximate surface area is 110 Å². The minimum Gasteiger partial charge on any atom is -0.507 e. The standard InChI is InChI=1S/C15H24N2O/c1-12-9-14(10-13(2)15(12)18)11-17-6-4-5-16(3)7-8-17/h9-10,18H,4-8,11H2,1-3H3. The van der Waals surface area contributed by atoms with Crippen molar-refractivity contribution in [3.8, 4) is 5.75 Å². The third-order valence-electron chi connectivity index (χ3n) is 3.77. The summed E-state index contributed by atoms with van der Waals surface area (Å²) in [7, 11) is 2.19. The molecule has 1 heterocycles. The largest absolute Gasteiger partial charge is 0.507 e. The summed E-state index contributed by atoms with van der Waals surface area (Å²) >= 11 is 0. The zero-order chi connectivity index (χ0) is 13.1. The Bertz CT molecular complexity index is 394. The Morgan fingerprint density at radius 2 is 1.72 bits per heavy atom. The Morgan fingerprint density at radius 1 is 1.06 bits per heavy atom. The molecule has 3 heteroatoms. The van der Waals surface area contributed by atoms with E-state index in [0.29, 0.717) is 5.75 Å². The Hall–Kier alpha value is -1.06. The number of nitrogens with zero attached hydrogens (tertiary/aromatic N) is 2. The van der Waals surface area contributed by atoms with Crippen molar-refractivity contribution in [1.82, 2.24) is 9.80 Å². The molecule has 2 rings (SSSR count). The van der Waals surface area contributed by atoms with Crippen molar-refractivity contribution in [2.75, 3.05) is 33.2 Å². The molecule has 0 atom stereocenters. The third-order valence-corrected chi connectivity index (χ3v) is 3.77. The van der Waals surface area contributed by atoms with Crippen molar-refractivity contribution in [1.29, 1.82) is 0 Å². The number of hydrogen-bond acceptors (Lipinski definition) is 3. The monoisotopic (exact) mass is 248 g/mol. The molecule has 0 amide bonds. The summed E-state index contributed by atoms with van der Waals surface area (Å²) in [6.45, 7) is 9.60. The highest BCUT2D eigenvalue weighted by atomic mass is 16.3. The second kappa shape index (κ2) is 5.72. The fourth-order valence-electron chi connectivity index (χ4n) is 2.65. The topological polar surface area (TPSA) is 26.7 Å². The van der Waals surface area contributed by atoms with Gasteiger partial charge in [0.25, 0.3) is 0 Å². The molecule has 0 aromatic heterocycles. The molecular formula is C15H24N2O. The first kappa shape index (κ1) is 13.4. The number of phenols is 1. The lowest BCUT2D eigenvalue weighted by Gasteiger charge is -2.21. The summed E-state index contributed by atoms with van der Waals surface area (Å²) in [6, 6.07) is 4.22. The molecule has 100 valence electrons. The van der Waals surface area contributed by atoms with Gasteiger partial charge in [0.05, 0.1) is 0 Å². The van der Waals surface area contributed by atoms with Crippen LogP contribution in [0.15, 0.2) is 12.1 Å². The number of phenolic OH excluding ortho intramolecular Hbond substituents is 1. The van der Waals surface area contributed by atoms with Gasteiger partial charge in [0.2, 0.25) is 0 Å². The highest BCUT2D eigenvalue weighted by molar-refractivity contribution is 5.42. The summed E-state index contributed by atoms with van der Waals surface area (Å²) in [6.07, 6.45) is 1.24. The first-order chi connectivity index (χ1) is 8.56. The fraction of sp³-hybridized carbons (Fsp3) is 0.600. The minimum atomic E-state index is 0.439. The highest BCUT2D eigenvalue weighted by Gasteiger charge is 2.13. The van der Waals surface area contributed by atoms with E-state index in [0.717, 1.165) is 30.8 Å². The molecule has 1 aliphatic rings. The summed E-state index contributed by atoms with van der Waals surface area (Å²) in [4.78, 5) is 4.90. The molecule has 0 radical (unpaired) electrons. The van der Waals surface area contributed by atoms with Crippen LogP contribution in [-0.2, 0) is 6.54 Å². The van der Waals surface area contributed by atoms with E-state index in [1.165, 1.54) is 25.1 Å². The van der Waals surface area contributed by atoms with E-state index in [2.05, 4.69) is 29.0 Å². The highest BCUT2D eigenvalue weighted by Crippen LogP contribution is 2.23. The van der Waals surface area contributed by atoms with Gasteiger partial charge in [-0.05, 0) is 57.1 Å². The molecule has 3 nitrogen and oxygen atoms in total. The zero-order valence-corrected chi connectivity index (χ0v) is 11.7. The lowest BCUT2D eigenvalue weighted by molar-refractivity contribution is 0.269. The van der Waals surface area contributed by atoms with Crippen LogP contribution in [0.2, 0.25) is 0 Å². The second-order valence-corrected chi connectivity index (χ2v) is 5.51. The van der Waals surface area contributed by atoms with E-state index in [1.807, 2.05) is 13.8 Å². The van der Waals surface area contributed by atoms with Crippen molar-refractivity contribution in [2.45, 2.75) is 26.8 Å². The normalized spacial score (nSPS) is 18.8. The van der Waals surface area contributed by atoms with Crippen LogP contribution in [0.25, 0.3) is 0 Å². The number of aryl methyl sites for hydroxylation is 2. The van der Waals surface area contributed by atoms with Crippen molar-refractivity contribution < 1.29 is 5.11 Å². The number of likely N-dealkylation sites (N-methyl/N-ethyl adjacent to an activating group) is 1. The quantitative estimate of drug-likeness (QED) is 0.868. The van der Waals surface area contributed by atoms with E-state index < -0.39 is 0 Å². The van der Waals surface area contributed by atoms with Gasteiger partial charge in [-0.2, -0.15) is 0 Å². The third kappa shape index (κ3) is 3.24. The van der Waals surface area contributed by atoms with Gasteiger partial charge in [-0.3, -0.25) is 4.90 Å². The molecule has 0 saturated carbocycles. The van der Waals surface area contributed by atoms with E-state index >= 15 is 0 Å². The van der Waals surface area contributed by atoms with Gasteiger partial charge in [0.1, 0.15) is 5.75 Å². The Morgan fingerprint density at radius 3 is 2.39 bits per heavy atom. The van der Waals surface area contributed by atoms with Gasteiger partial charge in [-0.25, -0.2) is 0 Å². The van der Waals surface area contributed by atoms with Crippen LogP contribution in [0, 0.1) is 13.8 Å².